The molecule has 4 aromatic rings. The highest BCUT2D eigenvalue weighted by Gasteiger charge is 2.15. The van der Waals surface area contributed by atoms with Crippen molar-refractivity contribution in [3.8, 4) is 11.5 Å². The van der Waals surface area contributed by atoms with Crippen LogP contribution in [-0.4, -0.2) is 42.1 Å². The van der Waals surface area contributed by atoms with Crippen molar-refractivity contribution >= 4 is 28.6 Å². The van der Waals surface area contributed by atoms with E-state index in [2.05, 4.69) is 4.98 Å². The molecule has 0 bridgehead atoms. The molecule has 0 spiro atoms. The lowest BCUT2D eigenvalue weighted by Crippen LogP contribution is -2.24. The van der Waals surface area contributed by atoms with Gasteiger partial charge in [0.2, 0.25) is 0 Å². The molecule has 0 atom stereocenters. The van der Waals surface area contributed by atoms with Crippen molar-refractivity contribution in [1.82, 2.24) is 9.55 Å². The number of aromatic nitrogens is 2. The summed E-state index contributed by atoms with van der Waals surface area (Å²) < 4.78 is 22.7. The number of thioether (sulfide) groups is 1. The van der Waals surface area contributed by atoms with Crippen LogP contribution in [-0.2, 0) is 11.3 Å². The Morgan fingerprint density at radius 1 is 1.09 bits per heavy atom. The van der Waals surface area contributed by atoms with Gasteiger partial charge in [-0.15, -0.1) is 0 Å². The molecule has 2 aromatic carbocycles. The number of carbonyl (C=O) groups is 1. The van der Waals surface area contributed by atoms with Gasteiger partial charge in [0.15, 0.2) is 5.16 Å². The van der Waals surface area contributed by atoms with Crippen molar-refractivity contribution in [2.45, 2.75) is 11.7 Å². The van der Waals surface area contributed by atoms with Crippen molar-refractivity contribution in [3.05, 3.63) is 82.5 Å². The van der Waals surface area contributed by atoms with Crippen molar-refractivity contribution in [2.75, 3.05) is 26.6 Å². The SMILES string of the molecule is COC(=O)c1ccc2c(=O)n(Cc3ccco3)c(SCCOc3ccc(OC)cc3)nc2c1. The minimum Gasteiger partial charge on any atom is -0.497 e. The van der Waals surface area contributed by atoms with Gasteiger partial charge in [0.05, 0.1) is 50.1 Å². The lowest BCUT2D eigenvalue weighted by atomic mass is 10.1. The van der Waals surface area contributed by atoms with Gasteiger partial charge in [-0.1, -0.05) is 11.8 Å². The van der Waals surface area contributed by atoms with Gasteiger partial charge in [-0.2, -0.15) is 0 Å². The molecule has 4 rings (SSSR count). The number of nitrogens with zero attached hydrogens (tertiary/aromatic N) is 2. The minimum absolute atomic E-state index is 0.216. The van der Waals surface area contributed by atoms with Crippen LogP contribution in [0.1, 0.15) is 16.1 Å². The van der Waals surface area contributed by atoms with Gasteiger partial charge in [0, 0.05) is 5.75 Å². The number of hydrogen-bond donors (Lipinski definition) is 0. The van der Waals surface area contributed by atoms with Crippen molar-refractivity contribution in [3.63, 3.8) is 0 Å². The van der Waals surface area contributed by atoms with E-state index in [-0.39, 0.29) is 12.1 Å². The number of furan rings is 1. The first-order valence-corrected chi connectivity index (χ1v) is 11.1. The van der Waals surface area contributed by atoms with Crippen molar-refractivity contribution in [2.24, 2.45) is 0 Å². The van der Waals surface area contributed by atoms with Crippen molar-refractivity contribution < 1.29 is 23.4 Å². The van der Waals surface area contributed by atoms with Gasteiger partial charge >= 0.3 is 5.97 Å². The summed E-state index contributed by atoms with van der Waals surface area (Å²) in [4.78, 5) is 29.8. The summed E-state index contributed by atoms with van der Waals surface area (Å²) in [5.74, 6) is 2.18. The number of rotatable bonds is 9. The Balaban J connectivity index is 1.58. The Morgan fingerprint density at radius 3 is 2.58 bits per heavy atom. The predicted octanol–water partition coefficient (Wildman–Crippen LogP) is 4.00. The fourth-order valence-electron chi connectivity index (χ4n) is 3.22. The normalized spacial score (nSPS) is 10.8. The third-order valence-electron chi connectivity index (χ3n) is 4.88. The monoisotopic (exact) mass is 466 g/mol. The molecular formula is C24H22N2O6S. The number of fused-ring (bicyclic) bond motifs is 1. The summed E-state index contributed by atoms with van der Waals surface area (Å²) in [6, 6.07) is 15.6. The Hall–Kier alpha value is -3.72. The number of esters is 1. The van der Waals surface area contributed by atoms with Crippen LogP contribution in [0.15, 0.2) is 75.2 Å². The molecule has 9 heteroatoms. The maximum absolute atomic E-state index is 13.2. The summed E-state index contributed by atoms with van der Waals surface area (Å²) in [7, 11) is 2.92. The minimum atomic E-state index is -0.486. The summed E-state index contributed by atoms with van der Waals surface area (Å²) in [5, 5.41) is 0.914. The Morgan fingerprint density at radius 2 is 1.88 bits per heavy atom. The summed E-state index contributed by atoms with van der Waals surface area (Å²) >= 11 is 1.39. The molecule has 0 N–H and O–H groups in total. The number of ether oxygens (including phenoxy) is 3. The molecule has 0 radical (unpaired) electrons. The number of methoxy groups -OCH3 is 2. The van der Waals surface area contributed by atoms with E-state index < -0.39 is 5.97 Å². The molecule has 0 aliphatic heterocycles. The van der Waals surface area contributed by atoms with Crippen LogP contribution in [0, 0.1) is 0 Å². The van der Waals surface area contributed by atoms with E-state index in [1.807, 2.05) is 24.3 Å². The number of benzene rings is 2. The van der Waals surface area contributed by atoms with Gasteiger partial charge in [-0.05, 0) is 54.6 Å². The summed E-state index contributed by atoms with van der Waals surface area (Å²) in [6.45, 7) is 0.656. The second-order valence-electron chi connectivity index (χ2n) is 6.96. The lowest BCUT2D eigenvalue weighted by Gasteiger charge is -2.13. The standard InChI is InChI=1S/C24H22N2O6S/c1-29-17-6-8-18(9-7-17)32-12-13-33-24-25-21-14-16(23(28)30-2)5-10-20(21)22(27)26(24)15-19-4-3-11-31-19/h3-11,14H,12-13,15H2,1-2H3. The van der Waals surface area contributed by atoms with Gasteiger partial charge in [0.25, 0.3) is 5.56 Å². The fraction of sp³-hybridized carbons (Fsp3) is 0.208. The smallest absolute Gasteiger partial charge is 0.337 e. The zero-order valence-corrected chi connectivity index (χ0v) is 19.0. The average Bonchev–Trinajstić information content (AvgIpc) is 3.37. The second kappa shape index (κ2) is 10.3. The molecule has 0 aliphatic carbocycles. The molecule has 2 aromatic heterocycles. The molecule has 33 heavy (non-hydrogen) atoms. The average molecular weight is 467 g/mol. The van der Waals surface area contributed by atoms with Crippen LogP contribution < -0.4 is 15.0 Å². The largest absolute Gasteiger partial charge is 0.497 e. The van der Waals surface area contributed by atoms with Crippen LogP contribution in [0.3, 0.4) is 0 Å². The van der Waals surface area contributed by atoms with E-state index >= 15 is 0 Å². The van der Waals surface area contributed by atoms with Crippen LogP contribution in [0.2, 0.25) is 0 Å². The topological polar surface area (TPSA) is 92.8 Å². The van der Waals surface area contributed by atoms with Gasteiger partial charge < -0.3 is 18.6 Å². The Bertz CT molecular complexity index is 1300. The summed E-state index contributed by atoms with van der Waals surface area (Å²) in [6.07, 6.45) is 1.56. The molecule has 0 saturated carbocycles. The Labute approximate surface area is 194 Å². The van der Waals surface area contributed by atoms with Crippen molar-refractivity contribution in [1.29, 1.82) is 0 Å². The lowest BCUT2D eigenvalue weighted by molar-refractivity contribution is 0.0601. The zero-order chi connectivity index (χ0) is 23.2. The Kier molecular flexibility index (Phi) is 6.99. The third kappa shape index (κ3) is 5.20. The van der Waals surface area contributed by atoms with E-state index in [1.165, 1.54) is 18.9 Å². The predicted molar refractivity (Wildman–Crippen MR) is 124 cm³/mol. The summed E-state index contributed by atoms with van der Waals surface area (Å²) in [5.41, 5.74) is 0.544. The quantitative estimate of drug-likeness (QED) is 0.158. The highest BCUT2D eigenvalue weighted by atomic mass is 32.2. The maximum atomic E-state index is 13.2. The van der Waals surface area contributed by atoms with E-state index in [0.29, 0.717) is 39.7 Å². The molecule has 170 valence electrons. The van der Waals surface area contributed by atoms with E-state index in [0.717, 1.165) is 11.5 Å². The number of hydrogen-bond acceptors (Lipinski definition) is 8. The molecule has 0 unspecified atom stereocenters. The van der Waals surface area contributed by atoms with Gasteiger partial charge in [-0.3, -0.25) is 9.36 Å². The van der Waals surface area contributed by atoms with E-state index in [4.69, 9.17) is 18.6 Å². The number of carbonyl (C=O) groups excluding carboxylic acids is 1. The highest BCUT2D eigenvalue weighted by molar-refractivity contribution is 7.99. The zero-order valence-electron chi connectivity index (χ0n) is 18.1. The van der Waals surface area contributed by atoms with E-state index in [9.17, 15) is 9.59 Å². The van der Waals surface area contributed by atoms with Crippen LogP contribution in [0.25, 0.3) is 10.9 Å². The second-order valence-corrected chi connectivity index (χ2v) is 8.02. The molecule has 8 nitrogen and oxygen atoms in total. The molecule has 0 saturated heterocycles. The first kappa shape index (κ1) is 22.5. The van der Waals surface area contributed by atoms with Crippen LogP contribution >= 0.6 is 11.8 Å². The molecule has 0 aliphatic rings. The molecule has 2 heterocycles. The van der Waals surface area contributed by atoms with Gasteiger partial charge in [0.1, 0.15) is 17.3 Å². The first-order valence-electron chi connectivity index (χ1n) is 10.1. The molecule has 0 amide bonds. The van der Waals surface area contributed by atoms with E-state index in [1.54, 1.807) is 48.3 Å². The maximum Gasteiger partial charge on any atom is 0.337 e. The van der Waals surface area contributed by atoms with Crippen LogP contribution in [0.5, 0.6) is 11.5 Å². The molecular weight excluding hydrogens is 444 g/mol. The highest BCUT2D eigenvalue weighted by Crippen LogP contribution is 2.22. The first-order chi connectivity index (χ1) is 16.1. The molecule has 0 fully saturated rings. The third-order valence-corrected chi connectivity index (χ3v) is 5.82. The fourth-order valence-corrected chi connectivity index (χ4v) is 4.03. The van der Waals surface area contributed by atoms with Crippen LogP contribution in [0.4, 0.5) is 0 Å². The van der Waals surface area contributed by atoms with Gasteiger partial charge in [-0.25, -0.2) is 9.78 Å².